The maximum atomic E-state index is 10.6. The van der Waals surface area contributed by atoms with Crippen molar-refractivity contribution in [3.8, 4) is 34.0 Å². The average molecular weight is 513 g/mol. The number of aliphatic carboxylic acids is 1. The Labute approximate surface area is 212 Å². The number of aromatic nitrogens is 2. The molecule has 4 aromatic rings. The van der Waals surface area contributed by atoms with Crippen LogP contribution in [0.25, 0.3) is 22.5 Å². The molecule has 0 aliphatic rings. The number of hydrogen-bond acceptors (Lipinski definition) is 4. The Morgan fingerprint density at radius 1 is 0.946 bits per heavy atom. The Bertz CT molecular complexity index is 1360. The molecule has 1 N–H and O–H groups in total. The summed E-state index contributed by atoms with van der Waals surface area (Å²) in [5, 5.41) is 7.12. The number of halogens is 3. The zero-order valence-electron chi connectivity index (χ0n) is 20.8. The lowest BCUT2D eigenvalue weighted by Crippen LogP contribution is -2.21. The van der Waals surface area contributed by atoms with E-state index in [2.05, 4.69) is 54.8 Å². The standard InChI is InChI=1S/C26H26N2O2.C2HF3O2/c1-18-12-19(2)14-21(13-18)26-25(23-10-5-6-11-24(23)30-4)27-17-28(26)16-20-8-7-9-22(15-20)29-3;3-2(4,5)1(6)7/h5-15,17H,16H2,1-4H3;(H,6,7). The molecule has 0 amide bonds. The number of carbonyl (C=O) groups is 1. The van der Waals surface area contributed by atoms with E-state index in [0.717, 1.165) is 39.6 Å². The molecule has 0 spiro atoms. The van der Waals surface area contributed by atoms with E-state index in [9.17, 15) is 13.2 Å². The lowest BCUT2D eigenvalue weighted by Gasteiger charge is -2.14. The Morgan fingerprint density at radius 3 is 2.19 bits per heavy atom. The normalized spacial score (nSPS) is 10.9. The van der Waals surface area contributed by atoms with E-state index in [0.29, 0.717) is 6.54 Å². The Hall–Kier alpha value is -4.27. The van der Waals surface area contributed by atoms with Crippen molar-refractivity contribution in [1.82, 2.24) is 9.55 Å². The summed E-state index contributed by atoms with van der Waals surface area (Å²) in [5.74, 6) is -1.09. The van der Waals surface area contributed by atoms with Gasteiger partial charge in [0.15, 0.2) is 0 Å². The maximum absolute atomic E-state index is 10.6. The van der Waals surface area contributed by atoms with Crippen LogP contribution < -0.4 is 9.47 Å². The van der Waals surface area contributed by atoms with Gasteiger partial charge >= 0.3 is 12.1 Å². The third-order valence-electron chi connectivity index (χ3n) is 5.42. The highest BCUT2D eigenvalue weighted by Crippen LogP contribution is 2.37. The fourth-order valence-corrected chi connectivity index (χ4v) is 3.92. The summed E-state index contributed by atoms with van der Waals surface area (Å²) in [4.78, 5) is 13.7. The molecule has 1 heterocycles. The van der Waals surface area contributed by atoms with E-state index < -0.39 is 12.1 Å². The number of carboxylic acids is 1. The second-order valence-corrected chi connectivity index (χ2v) is 8.30. The molecule has 3 aromatic carbocycles. The summed E-state index contributed by atoms with van der Waals surface area (Å²) in [6, 6.07) is 22.8. The first-order chi connectivity index (χ1) is 17.5. The van der Waals surface area contributed by atoms with E-state index in [-0.39, 0.29) is 0 Å². The topological polar surface area (TPSA) is 73.6 Å². The SMILES string of the molecule is COc1cccc(Cn2cnc(-c3ccccc3OC)c2-c2cc(C)cc(C)c2)c1.O=C(O)C(F)(F)F. The summed E-state index contributed by atoms with van der Waals surface area (Å²) < 4.78 is 45.0. The minimum Gasteiger partial charge on any atom is -0.497 e. The predicted molar refractivity (Wildman–Crippen MR) is 135 cm³/mol. The van der Waals surface area contributed by atoms with E-state index in [1.807, 2.05) is 36.7 Å². The highest BCUT2D eigenvalue weighted by molar-refractivity contribution is 5.82. The van der Waals surface area contributed by atoms with Crippen molar-refractivity contribution in [3.05, 3.63) is 89.7 Å². The van der Waals surface area contributed by atoms with Crippen LogP contribution in [0.4, 0.5) is 13.2 Å². The van der Waals surface area contributed by atoms with Crippen LogP contribution in [0.1, 0.15) is 16.7 Å². The highest BCUT2D eigenvalue weighted by Gasteiger charge is 2.38. The first kappa shape index (κ1) is 27.3. The van der Waals surface area contributed by atoms with Gasteiger partial charge in [-0.2, -0.15) is 13.2 Å². The molecule has 37 heavy (non-hydrogen) atoms. The first-order valence-corrected chi connectivity index (χ1v) is 11.2. The third-order valence-corrected chi connectivity index (χ3v) is 5.42. The molecule has 0 saturated carbocycles. The second-order valence-electron chi connectivity index (χ2n) is 8.30. The summed E-state index contributed by atoms with van der Waals surface area (Å²) in [6.45, 7) is 4.95. The fraction of sp³-hybridized carbons (Fsp3) is 0.214. The van der Waals surface area contributed by atoms with Gasteiger partial charge in [0.05, 0.1) is 26.2 Å². The maximum Gasteiger partial charge on any atom is 0.490 e. The molecule has 0 aliphatic carbocycles. The van der Waals surface area contributed by atoms with Crippen LogP contribution in [0, 0.1) is 13.8 Å². The Morgan fingerprint density at radius 2 is 1.59 bits per heavy atom. The number of methoxy groups -OCH3 is 2. The molecule has 194 valence electrons. The van der Waals surface area contributed by atoms with Crippen LogP contribution >= 0.6 is 0 Å². The summed E-state index contributed by atoms with van der Waals surface area (Å²) in [5.41, 5.74) is 7.74. The van der Waals surface area contributed by atoms with Crippen molar-refractivity contribution in [2.24, 2.45) is 0 Å². The smallest absolute Gasteiger partial charge is 0.490 e. The van der Waals surface area contributed by atoms with E-state index >= 15 is 0 Å². The molecule has 0 fully saturated rings. The third kappa shape index (κ3) is 6.91. The highest BCUT2D eigenvalue weighted by atomic mass is 19.4. The largest absolute Gasteiger partial charge is 0.497 e. The number of para-hydroxylation sites is 1. The van der Waals surface area contributed by atoms with Gasteiger partial charge in [0, 0.05) is 17.7 Å². The van der Waals surface area contributed by atoms with Gasteiger partial charge in [0.25, 0.3) is 0 Å². The molecule has 0 atom stereocenters. The van der Waals surface area contributed by atoms with Gasteiger partial charge in [-0.3, -0.25) is 0 Å². The number of aryl methyl sites for hydroxylation is 2. The Balaban J connectivity index is 0.000000479. The lowest BCUT2D eigenvalue weighted by molar-refractivity contribution is -0.192. The van der Waals surface area contributed by atoms with Crippen molar-refractivity contribution in [2.75, 3.05) is 14.2 Å². The molecule has 0 radical (unpaired) electrons. The van der Waals surface area contributed by atoms with Gasteiger partial charge in [-0.05, 0) is 55.8 Å². The summed E-state index contributed by atoms with van der Waals surface area (Å²) in [6.07, 6.45) is -3.17. The van der Waals surface area contributed by atoms with Crippen molar-refractivity contribution < 1.29 is 32.5 Å². The van der Waals surface area contributed by atoms with Crippen LogP contribution in [0.2, 0.25) is 0 Å². The van der Waals surface area contributed by atoms with Crippen molar-refractivity contribution >= 4 is 5.97 Å². The molecule has 0 saturated heterocycles. The monoisotopic (exact) mass is 512 g/mol. The molecule has 9 heteroatoms. The van der Waals surface area contributed by atoms with E-state index in [1.54, 1.807) is 14.2 Å². The number of rotatable bonds is 6. The zero-order valence-corrected chi connectivity index (χ0v) is 20.8. The van der Waals surface area contributed by atoms with Gasteiger partial charge in [-0.15, -0.1) is 0 Å². The van der Waals surface area contributed by atoms with Gasteiger partial charge in [-0.25, -0.2) is 9.78 Å². The van der Waals surface area contributed by atoms with Crippen LogP contribution in [-0.4, -0.2) is 41.0 Å². The number of benzene rings is 3. The molecule has 6 nitrogen and oxygen atoms in total. The number of nitrogens with zero attached hydrogens (tertiary/aromatic N) is 2. The number of imidazole rings is 1. The fourth-order valence-electron chi connectivity index (χ4n) is 3.92. The molecular weight excluding hydrogens is 485 g/mol. The van der Waals surface area contributed by atoms with E-state index in [4.69, 9.17) is 24.4 Å². The average Bonchev–Trinajstić information content (AvgIpc) is 3.26. The first-order valence-electron chi connectivity index (χ1n) is 11.2. The van der Waals surface area contributed by atoms with Crippen LogP contribution in [0.5, 0.6) is 11.5 Å². The number of alkyl halides is 3. The van der Waals surface area contributed by atoms with Crippen molar-refractivity contribution in [1.29, 1.82) is 0 Å². The molecule has 0 bridgehead atoms. The second kappa shape index (κ2) is 11.6. The van der Waals surface area contributed by atoms with Gasteiger partial charge in [-0.1, -0.05) is 41.5 Å². The van der Waals surface area contributed by atoms with E-state index in [1.165, 1.54) is 11.1 Å². The lowest BCUT2D eigenvalue weighted by atomic mass is 10.00. The Kier molecular flexibility index (Phi) is 8.60. The zero-order chi connectivity index (χ0) is 27.2. The minimum absolute atomic E-state index is 0.696. The van der Waals surface area contributed by atoms with Crippen LogP contribution in [-0.2, 0) is 11.3 Å². The molecule has 4 rings (SSSR count). The summed E-state index contributed by atoms with van der Waals surface area (Å²) in [7, 11) is 3.39. The van der Waals surface area contributed by atoms with Crippen LogP contribution in [0.15, 0.2) is 73.1 Å². The predicted octanol–water partition coefficient (Wildman–Crippen LogP) is 6.53. The molecular formula is C28H27F3N2O4. The summed E-state index contributed by atoms with van der Waals surface area (Å²) >= 11 is 0. The number of hydrogen-bond donors (Lipinski definition) is 1. The minimum atomic E-state index is -5.08. The van der Waals surface area contributed by atoms with Gasteiger partial charge < -0.3 is 19.1 Å². The van der Waals surface area contributed by atoms with Crippen LogP contribution in [0.3, 0.4) is 0 Å². The van der Waals surface area contributed by atoms with Crippen molar-refractivity contribution in [3.63, 3.8) is 0 Å². The molecule has 0 aliphatic heterocycles. The molecule has 1 aromatic heterocycles. The number of carboxylic acid groups (broad SMARTS) is 1. The number of ether oxygens (including phenoxy) is 2. The van der Waals surface area contributed by atoms with Gasteiger partial charge in [0.1, 0.15) is 17.2 Å². The molecule has 0 unspecified atom stereocenters. The van der Waals surface area contributed by atoms with Crippen molar-refractivity contribution in [2.45, 2.75) is 26.6 Å². The van der Waals surface area contributed by atoms with Gasteiger partial charge in [0.2, 0.25) is 0 Å². The quantitative estimate of drug-likeness (QED) is 0.318.